The van der Waals surface area contributed by atoms with Crippen molar-refractivity contribution in [3.63, 3.8) is 0 Å². The molecule has 18 heavy (non-hydrogen) atoms. The van der Waals surface area contributed by atoms with Gasteiger partial charge in [-0.1, -0.05) is 13.0 Å². The van der Waals surface area contributed by atoms with Crippen molar-refractivity contribution in [1.82, 2.24) is 10.2 Å². The SMILES string of the molecule is CCN1CCCC(C(C)N[C@H](C)c2cccs2)C1. The number of thiophene rings is 1. The summed E-state index contributed by atoms with van der Waals surface area (Å²) < 4.78 is 0. The van der Waals surface area contributed by atoms with Crippen LogP contribution >= 0.6 is 11.3 Å². The first-order valence-electron chi connectivity index (χ1n) is 7.22. The Bertz CT molecular complexity index is 336. The lowest BCUT2D eigenvalue weighted by molar-refractivity contribution is 0.153. The number of nitrogens with zero attached hydrogens (tertiary/aromatic N) is 1. The Labute approximate surface area is 115 Å². The molecule has 2 heterocycles. The van der Waals surface area contributed by atoms with Gasteiger partial charge in [0.15, 0.2) is 0 Å². The molecule has 0 saturated carbocycles. The van der Waals surface area contributed by atoms with E-state index in [1.807, 2.05) is 11.3 Å². The van der Waals surface area contributed by atoms with Gasteiger partial charge < -0.3 is 10.2 Å². The zero-order chi connectivity index (χ0) is 13.0. The van der Waals surface area contributed by atoms with E-state index in [0.29, 0.717) is 12.1 Å². The summed E-state index contributed by atoms with van der Waals surface area (Å²) in [6, 6.07) is 5.46. The lowest BCUT2D eigenvalue weighted by Gasteiger charge is -2.36. The van der Waals surface area contributed by atoms with Crippen LogP contribution in [0.3, 0.4) is 0 Å². The fraction of sp³-hybridized carbons (Fsp3) is 0.733. The maximum atomic E-state index is 3.78. The zero-order valence-corrected chi connectivity index (χ0v) is 12.7. The summed E-state index contributed by atoms with van der Waals surface area (Å²) in [4.78, 5) is 4.03. The first kappa shape index (κ1) is 14.0. The van der Waals surface area contributed by atoms with Gasteiger partial charge in [0.05, 0.1) is 0 Å². The second-order valence-electron chi connectivity index (χ2n) is 5.49. The van der Waals surface area contributed by atoms with E-state index in [4.69, 9.17) is 0 Å². The second-order valence-corrected chi connectivity index (χ2v) is 6.47. The number of hydrogen-bond donors (Lipinski definition) is 1. The van der Waals surface area contributed by atoms with Gasteiger partial charge >= 0.3 is 0 Å². The van der Waals surface area contributed by atoms with Crippen LogP contribution in [0.15, 0.2) is 17.5 Å². The van der Waals surface area contributed by atoms with Gasteiger partial charge in [-0.2, -0.15) is 0 Å². The van der Waals surface area contributed by atoms with Gasteiger partial charge in [-0.15, -0.1) is 11.3 Å². The molecule has 3 heteroatoms. The predicted molar refractivity (Wildman–Crippen MR) is 80.2 cm³/mol. The van der Waals surface area contributed by atoms with Crippen LogP contribution in [0.2, 0.25) is 0 Å². The molecule has 1 N–H and O–H groups in total. The number of nitrogens with one attached hydrogen (secondary N) is 1. The van der Waals surface area contributed by atoms with Gasteiger partial charge in [-0.05, 0) is 57.1 Å². The van der Waals surface area contributed by atoms with Crippen LogP contribution in [0.25, 0.3) is 0 Å². The van der Waals surface area contributed by atoms with E-state index < -0.39 is 0 Å². The average Bonchev–Trinajstić information content (AvgIpc) is 2.92. The smallest absolute Gasteiger partial charge is 0.0388 e. The molecule has 0 amide bonds. The minimum atomic E-state index is 0.483. The number of hydrogen-bond acceptors (Lipinski definition) is 3. The van der Waals surface area contributed by atoms with Gasteiger partial charge in [-0.25, -0.2) is 0 Å². The molecule has 0 bridgehead atoms. The maximum absolute atomic E-state index is 3.78. The summed E-state index contributed by atoms with van der Waals surface area (Å²) >= 11 is 1.85. The Morgan fingerprint density at radius 1 is 1.50 bits per heavy atom. The van der Waals surface area contributed by atoms with Crippen LogP contribution in [0.5, 0.6) is 0 Å². The van der Waals surface area contributed by atoms with Crippen molar-refractivity contribution in [2.45, 2.75) is 45.7 Å². The fourth-order valence-corrected chi connectivity index (χ4v) is 3.68. The van der Waals surface area contributed by atoms with Crippen molar-refractivity contribution in [1.29, 1.82) is 0 Å². The summed E-state index contributed by atoms with van der Waals surface area (Å²) in [5.74, 6) is 0.807. The Morgan fingerprint density at radius 2 is 2.33 bits per heavy atom. The Morgan fingerprint density at radius 3 is 3.00 bits per heavy atom. The highest BCUT2D eigenvalue weighted by molar-refractivity contribution is 7.10. The molecule has 1 aliphatic rings. The number of rotatable bonds is 5. The number of piperidine rings is 1. The molecule has 1 aliphatic heterocycles. The van der Waals surface area contributed by atoms with E-state index in [9.17, 15) is 0 Å². The summed E-state index contributed by atoms with van der Waals surface area (Å²) in [5.41, 5.74) is 0. The van der Waals surface area contributed by atoms with Crippen LogP contribution in [0, 0.1) is 5.92 Å². The number of likely N-dealkylation sites (tertiary alicyclic amines) is 1. The summed E-state index contributed by atoms with van der Waals surface area (Å²) in [5, 5.41) is 5.94. The predicted octanol–water partition coefficient (Wildman–Crippen LogP) is 3.52. The lowest BCUT2D eigenvalue weighted by Crippen LogP contribution is -2.44. The molecule has 0 aliphatic carbocycles. The van der Waals surface area contributed by atoms with E-state index in [1.54, 1.807) is 0 Å². The summed E-state index contributed by atoms with van der Waals surface area (Å²) in [7, 11) is 0. The third kappa shape index (κ3) is 3.56. The average molecular weight is 266 g/mol. The van der Waals surface area contributed by atoms with Crippen molar-refractivity contribution in [2.24, 2.45) is 5.92 Å². The highest BCUT2D eigenvalue weighted by Crippen LogP contribution is 2.23. The molecule has 102 valence electrons. The molecule has 1 fully saturated rings. The topological polar surface area (TPSA) is 15.3 Å². The molecule has 3 atom stereocenters. The first-order chi connectivity index (χ1) is 8.70. The minimum absolute atomic E-state index is 0.483. The molecule has 0 aromatic carbocycles. The van der Waals surface area contributed by atoms with Crippen molar-refractivity contribution in [2.75, 3.05) is 19.6 Å². The van der Waals surface area contributed by atoms with Gasteiger partial charge in [-0.3, -0.25) is 0 Å². The van der Waals surface area contributed by atoms with Crippen LogP contribution < -0.4 is 5.32 Å². The zero-order valence-electron chi connectivity index (χ0n) is 11.9. The molecule has 1 aromatic heterocycles. The van der Waals surface area contributed by atoms with Crippen molar-refractivity contribution < 1.29 is 0 Å². The highest BCUT2D eigenvalue weighted by atomic mass is 32.1. The quantitative estimate of drug-likeness (QED) is 0.877. The Kier molecular flexibility index (Phi) is 5.22. The second kappa shape index (κ2) is 6.69. The van der Waals surface area contributed by atoms with E-state index >= 15 is 0 Å². The van der Waals surface area contributed by atoms with Crippen molar-refractivity contribution in [3.8, 4) is 0 Å². The summed E-state index contributed by atoms with van der Waals surface area (Å²) in [6.07, 6.45) is 2.74. The molecule has 1 aromatic rings. The molecule has 2 nitrogen and oxygen atoms in total. The van der Waals surface area contributed by atoms with E-state index in [1.165, 1.54) is 37.4 Å². The molecule has 2 unspecified atom stereocenters. The third-order valence-corrected chi connectivity index (χ3v) is 5.23. The van der Waals surface area contributed by atoms with Crippen LogP contribution in [-0.2, 0) is 0 Å². The fourth-order valence-electron chi connectivity index (χ4n) is 2.94. The standard InChI is InChI=1S/C15H26N2S/c1-4-17-9-5-7-14(11-17)12(2)16-13(3)15-8-6-10-18-15/h6,8,10,12-14,16H,4-5,7,9,11H2,1-3H3/t12?,13-,14?/m1/s1. The molecular weight excluding hydrogens is 240 g/mol. The minimum Gasteiger partial charge on any atom is -0.307 e. The van der Waals surface area contributed by atoms with Crippen molar-refractivity contribution in [3.05, 3.63) is 22.4 Å². The largest absolute Gasteiger partial charge is 0.307 e. The Hall–Kier alpha value is -0.380. The maximum Gasteiger partial charge on any atom is 0.0388 e. The highest BCUT2D eigenvalue weighted by Gasteiger charge is 2.24. The lowest BCUT2D eigenvalue weighted by atomic mass is 9.91. The van der Waals surface area contributed by atoms with Crippen LogP contribution in [0.4, 0.5) is 0 Å². The van der Waals surface area contributed by atoms with Gasteiger partial charge in [0.1, 0.15) is 0 Å². The van der Waals surface area contributed by atoms with Gasteiger partial charge in [0.25, 0.3) is 0 Å². The summed E-state index contributed by atoms with van der Waals surface area (Å²) in [6.45, 7) is 10.7. The normalized spacial score (nSPS) is 24.9. The van der Waals surface area contributed by atoms with Crippen LogP contribution in [-0.4, -0.2) is 30.6 Å². The monoisotopic (exact) mass is 266 g/mol. The molecule has 1 saturated heterocycles. The third-order valence-electron chi connectivity index (χ3n) is 4.18. The molecule has 2 rings (SSSR count). The van der Waals surface area contributed by atoms with Gasteiger partial charge in [0.2, 0.25) is 0 Å². The van der Waals surface area contributed by atoms with Gasteiger partial charge in [0, 0.05) is 23.5 Å². The first-order valence-corrected chi connectivity index (χ1v) is 8.10. The van der Waals surface area contributed by atoms with E-state index in [-0.39, 0.29) is 0 Å². The van der Waals surface area contributed by atoms with E-state index in [2.05, 4.69) is 48.5 Å². The Balaban J connectivity index is 1.85. The molecule has 0 radical (unpaired) electrons. The van der Waals surface area contributed by atoms with E-state index in [0.717, 1.165) is 5.92 Å². The molecular formula is C15H26N2S. The molecule has 0 spiro atoms. The van der Waals surface area contributed by atoms with Crippen LogP contribution in [0.1, 0.15) is 44.5 Å². The van der Waals surface area contributed by atoms with Crippen molar-refractivity contribution >= 4 is 11.3 Å².